The normalized spacial score (nSPS) is 53.2. The SMILES string of the molecule is CCC(C)(CC)C1CC(C(C)(CC)CC)CC2(C1)C1(C)C3CCC4CC5C6CCCCC6CCC5C4C3C3CC(CC(C)C)C4CCCCC4C3C21N. The third-order valence-electron chi connectivity index (χ3n) is 23.4. The van der Waals surface area contributed by atoms with Gasteiger partial charge in [-0.1, -0.05) is 120 Å². The topological polar surface area (TPSA) is 26.0 Å². The van der Waals surface area contributed by atoms with E-state index in [9.17, 15) is 0 Å². The zero-order valence-electron chi connectivity index (χ0n) is 36.9. The Morgan fingerprint density at radius 3 is 1.79 bits per heavy atom. The van der Waals surface area contributed by atoms with Crippen LogP contribution in [0.25, 0.3) is 0 Å². The van der Waals surface area contributed by atoms with Gasteiger partial charge in [-0.25, -0.2) is 0 Å². The molecule has 17 unspecified atom stereocenters. The summed E-state index contributed by atoms with van der Waals surface area (Å²) in [5.41, 5.74) is 10.5. The molecule has 1 nitrogen and oxygen atoms in total. The number of fused-ring (bicyclic) bond motifs is 16. The van der Waals surface area contributed by atoms with E-state index >= 15 is 0 Å². The van der Waals surface area contributed by atoms with Crippen LogP contribution >= 0.6 is 0 Å². The van der Waals surface area contributed by atoms with Crippen molar-refractivity contribution in [1.82, 2.24) is 0 Å². The fraction of sp³-hybridized carbons (Fsp3) is 1.00. The van der Waals surface area contributed by atoms with E-state index in [2.05, 4.69) is 62.3 Å². The molecular weight excluding hydrogens is 639 g/mol. The molecular formula is C52H89N. The van der Waals surface area contributed by atoms with Crippen molar-refractivity contribution in [3.05, 3.63) is 0 Å². The van der Waals surface area contributed by atoms with Crippen molar-refractivity contribution in [3.63, 3.8) is 0 Å². The summed E-state index contributed by atoms with van der Waals surface area (Å²) in [5.74, 6) is 15.3. The van der Waals surface area contributed by atoms with Gasteiger partial charge in [-0.3, -0.25) is 0 Å². The number of hydrogen-bond donors (Lipinski definition) is 1. The first kappa shape index (κ1) is 38.5. The molecule has 9 rings (SSSR count). The lowest BCUT2D eigenvalue weighted by Crippen LogP contribution is -2.63. The van der Waals surface area contributed by atoms with E-state index in [4.69, 9.17) is 5.73 Å². The Hall–Kier alpha value is -0.0400. The molecule has 0 bridgehead atoms. The third kappa shape index (κ3) is 5.13. The molecule has 0 amide bonds. The van der Waals surface area contributed by atoms with Gasteiger partial charge in [0.1, 0.15) is 0 Å². The Kier molecular flexibility index (Phi) is 9.80. The van der Waals surface area contributed by atoms with E-state index in [1.807, 2.05) is 0 Å². The lowest BCUT2D eigenvalue weighted by molar-refractivity contribution is -0.135. The minimum absolute atomic E-state index is 0.0580. The van der Waals surface area contributed by atoms with Gasteiger partial charge in [0.15, 0.2) is 0 Å². The molecule has 9 aliphatic carbocycles. The molecule has 0 heterocycles. The molecule has 9 saturated carbocycles. The average Bonchev–Trinajstić information content (AvgIpc) is 3.40. The summed E-state index contributed by atoms with van der Waals surface area (Å²) in [6.07, 6.45) is 33.0. The van der Waals surface area contributed by atoms with Gasteiger partial charge in [-0.15, -0.1) is 0 Å². The second-order valence-electron chi connectivity index (χ2n) is 24.3. The van der Waals surface area contributed by atoms with Crippen LogP contribution in [0, 0.1) is 116 Å². The maximum Gasteiger partial charge on any atom is 0.0315 e. The van der Waals surface area contributed by atoms with Crippen LogP contribution in [0.4, 0.5) is 0 Å². The highest BCUT2D eigenvalue weighted by atomic mass is 15.1. The Balaban J connectivity index is 1.19. The maximum absolute atomic E-state index is 8.84. The zero-order valence-corrected chi connectivity index (χ0v) is 36.9. The quantitative estimate of drug-likeness (QED) is 0.265. The summed E-state index contributed by atoms with van der Waals surface area (Å²) in [6.45, 7) is 23.7. The highest BCUT2D eigenvalue weighted by Gasteiger charge is 2.91. The first-order chi connectivity index (χ1) is 25.4. The van der Waals surface area contributed by atoms with Crippen molar-refractivity contribution in [1.29, 1.82) is 0 Å². The molecule has 1 spiro atoms. The second kappa shape index (κ2) is 13.5. The zero-order chi connectivity index (χ0) is 37.3. The predicted octanol–water partition coefficient (Wildman–Crippen LogP) is 14.4. The van der Waals surface area contributed by atoms with Crippen LogP contribution in [0.15, 0.2) is 0 Å². The Bertz CT molecular complexity index is 1290. The van der Waals surface area contributed by atoms with E-state index < -0.39 is 0 Å². The van der Waals surface area contributed by atoms with Gasteiger partial charge in [-0.05, 0) is 200 Å². The molecule has 0 aliphatic heterocycles. The number of rotatable bonds is 8. The fourth-order valence-corrected chi connectivity index (χ4v) is 20.2. The van der Waals surface area contributed by atoms with Gasteiger partial charge < -0.3 is 5.73 Å². The summed E-state index contributed by atoms with van der Waals surface area (Å²) in [4.78, 5) is 0. The van der Waals surface area contributed by atoms with Gasteiger partial charge in [0.05, 0.1) is 0 Å². The van der Waals surface area contributed by atoms with Crippen molar-refractivity contribution in [2.75, 3.05) is 0 Å². The lowest BCUT2D eigenvalue weighted by Gasteiger charge is -2.63. The van der Waals surface area contributed by atoms with E-state index in [0.29, 0.717) is 21.7 Å². The minimum Gasteiger partial charge on any atom is -0.324 e. The molecule has 9 aliphatic rings. The van der Waals surface area contributed by atoms with E-state index in [0.717, 1.165) is 94.7 Å². The molecule has 302 valence electrons. The van der Waals surface area contributed by atoms with Crippen LogP contribution in [0.5, 0.6) is 0 Å². The molecule has 0 radical (unpaired) electrons. The smallest absolute Gasteiger partial charge is 0.0315 e. The van der Waals surface area contributed by atoms with Crippen LogP contribution in [-0.2, 0) is 0 Å². The molecule has 17 atom stereocenters. The predicted molar refractivity (Wildman–Crippen MR) is 225 cm³/mol. The Labute approximate surface area is 330 Å². The van der Waals surface area contributed by atoms with Crippen molar-refractivity contribution < 1.29 is 0 Å². The molecule has 9 fully saturated rings. The number of hydrogen-bond acceptors (Lipinski definition) is 1. The fourth-order valence-electron chi connectivity index (χ4n) is 20.2. The highest BCUT2D eigenvalue weighted by molar-refractivity contribution is 5.43. The average molecular weight is 728 g/mol. The maximum atomic E-state index is 8.84. The third-order valence-corrected chi connectivity index (χ3v) is 23.4. The lowest BCUT2D eigenvalue weighted by atomic mass is 9.43. The molecule has 2 N–H and O–H groups in total. The first-order valence-electron chi connectivity index (χ1n) is 25.1. The van der Waals surface area contributed by atoms with Crippen molar-refractivity contribution >= 4 is 0 Å². The van der Waals surface area contributed by atoms with Gasteiger partial charge in [0.25, 0.3) is 0 Å². The molecule has 0 aromatic heterocycles. The number of nitrogens with two attached hydrogens (primary N) is 1. The van der Waals surface area contributed by atoms with E-state index in [1.165, 1.54) is 96.3 Å². The Morgan fingerprint density at radius 2 is 1.17 bits per heavy atom. The highest BCUT2D eigenvalue weighted by Crippen LogP contribution is 2.90. The van der Waals surface area contributed by atoms with Crippen molar-refractivity contribution in [3.8, 4) is 0 Å². The summed E-state index contributed by atoms with van der Waals surface area (Å²) in [6, 6.07) is 0. The van der Waals surface area contributed by atoms with Crippen molar-refractivity contribution in [2.24, 2.45) is 122 Å². The molecule has 0 saturated heterocycles. The molecule has 0 aromatic carbocycles. The van der Waals surface area contributed by atoms with Gasteiger partial charge in [-0.2, -0.15) is 0 Å². The van der Waals surface area contributed by atoms with E-state index in [1.54, 1.807) is 44.9 Å². The van der Waals surface area contributed by atoms with Gasteiger partial charge in [0, 0.05) is 5.54 Å². The summed E-state index contributed by atoms with van der Waals surface area (Å²) >= 11 is 0. The van der Waals surface area contributed by atoms with Crippen LogP contribution in [0.3, 0.4) is 0 Å². The first-order valence-corrected chi connectivity index (χ1v) is 25.1. The van der Waals surface area contributed by atoms with Gasteiger partial charge >= 0.3 is 0 Å². The summed E-state index contributed by atoms with van der Waals surface area (Å²) in [7, 11) is 0. The molecule has 0 aromatic rings. The van der Waals surface area contributed by atoms with Crippen LogP contribution in [0.1, 0.15) is 204 Å². The van der Waals surface area contributed by atoms with Crippen molar-refractivity contribution in [2.45, 2.75) is 209 Å². The minimum atomic E-state index is 0.0580. The largest absolute Gasteiger partial charge is 0.324 e. The van der Waals surface area contributed by atoms with Crippen LogP contribution in [-0.4, -0.2) is 5.54 Å². The summed E-state index contributed by atoms with van der Waals surface area (Å²) < 4.78 is 0. The van der Waals surface area contributed by atoms with Crippen LogP contribution < -0.4 is 5.73 Å². The summed E-state index contributed by atoms with van der Waals surface area (Å²) in [5, 5.41) is 0. The van der Waals surface area contributed by atoms with Gasteiger partial charge in [0.2, 0.25) is 0 Å². The monoisotopic (exact) mass is 728 g/mol. The van der Waals surface area contributed by atoms with E-state index in [-0.39, 0.29) is 5.54 Å². The second-order valence-corrected chi connectivity index (χ2v) is 24.3. The molecule has 1 heteroatoms. The standard InChI is InChI=1S/C52H89N/c1-10-48(7,11-2)36-29-37(49(8,12-3)13-4)31-51(30-36)50(9)44-25-23-34-27-42-38-19-15-14-18-33(38)22-24-40(42)45(34)46(44)43-28-35(26-32(5)6)39-20-16-17-21-41(39)47(43)52(50,51)53/h32-47H,10-31,53H2,1-9H3. The van der Waals surface area contributed by atoms with Crippen LogP contribution in [0.2, 0.25) is 0 Å². The Morgan fingerprint density at radius 1 is 0.585 bits per heavy atom. The molecule has 53 heavy (non-hydrogen) atoms.